The molecule has 0 aromatic heterocycles. The SMILES string of the molecule is COc1ccccc1CC(=O)Nc1ccc(Br)cc1Cl. The van der Waals surface area contributed by atoms with Crippen LogP contribution >= 0.6 is 27.5 Å². The van der Waals surface area contributed by atoms with E-state index in [0.29, 0.717) is 16.5 Å². The summed E-state index contributed by atoms with van der Waals surface area (Å²) in [4.78, 5) is 12.1. The molecule has 5 heteroatoms. The molecule has 0 unspecified atom stereocenters. The molecule has 1 N–H and O–H groups in total. The van der Waals surface area contributed by atoms with Crippen LogP contribution in [0.5, 0.6) is 5.75 Å². The summed E-state index contributed by atoms with van der Waals surface area (Å²) >= 11 is 9.39. The molecule has 0 fully saturated rings. The third kappa shape index (κ3) is 3.74. The first-order valence-corrected chi connectivity index (χ1v) is 7.14. The minimum Gasteiger partial charge on any atom is -0.496 e. The van der Waals surface area contributed by atoms with Crippen molar-refractivity contribution in [1.82, 2.24) is 0 Å². The predicted molar refractivity (Wildman–Crippen MR) is 84.5 cm³/mol. The van der Waals surface area contributed by atoms with E-state index in [1.807, 2.05) is 30.3 Å². The normalized spacial score (nSPS) is 10.2. The van der Waals surface area contributed by atoms with Crippen LogP contribution in [0.25, 0.3) is 0 Å². The number of hydrogen-bond acceptors (Lipinski definition) is 2. The van der Waals surface area contributed by atoms with E-state index < -0.39 is 0 Å². The Hall–Kier alpha value is -1.52. The Morgan fingerprint density at radius 1 is 1.30 bits per heavy atom. The van der Waals surface area contributed by atoms with Crippen molar-refractivity contribution in [2.75, 3.05) is 12.4 Å². The summed E-state index contributed by atoms with van der Waals surface area (Å²) in [6.07, 6.45) is 0.233. The molecule has 0 atom stereocenters. The van der Waals surface area contributed by atoms with Crippen molar-refractivity contribution < 1.29 is 9.53 Å². The summed E-state index contributed by atoms with van der Waals surface area (Å²) in [6.45, 7) is 0. The third-order valence-corrected chi connectivity index (χ3v) is 3.55. The van der Waals surface area contributed by atoms with Gasteiger partial charge in [-0.05, 0) is 24.3 Å². The number of carbonyl (C=O) groups excluding carboxylic acids is 1. The second kappa shape index (κ2) is 6.77. The number of benzene rings is 2. The molecule has 2 aromatic carbocycles. The second-order valence-corrected chi connectivity index (χ2v) is 5.48. The lowest BCUT2D eigenvalue weighted by Crippen LogP contribution is -2.15. The summed E-state index contributed by atoms with van der Waals surface area (Å²) in [7, 11) is 1.59. The number of carbonyl (C=O) groups is 1. The van der Waals surface area contributed by atoms with Crippen molar-refractivity contribution >= 4 is 39.1 Å². The Bertz CT molecular complexity index is 631. The summed E-state index contributed by atoms with van der Waals surface area (Å²) in [6, 6.07) is 12.7. The van der Waals surface area contributed by atoms with E-state index in [4.69, 9.17) is 16.3 Å². The standard InChI is InChI=1S/C15H13BrClNO2/c1-20-14-5-3-2-4-10(14)8-15(19)18-13-7-6-11(16)9-12(13)17/h2-7,9H,8H2,1H3,(H,18,19). The molecular formula is C15H13BrClNO2. The van der Waals surface area contributed by atoms with E-state index in [-0.39, 0.29) is 12.3 Å². The van der Waals surface area contributed by atoms with E-state index in [1.54, 1.807) is 19.2 Å². The van der Waals surface area contributed by atoms with Crippen LogP contribution in [0, 0.1) is 0 Å². The molecule has 0 bridgehead atoms. The molecule has 0 aliphatic rings. The lowest BCUT2D eigenvalue weighted by Gasteiger charge is -2.10. The third-order valence-electron chi connectivity index (χ3n) is 2.75. The van der Waals surface area contributed by atoms with Crippen molar-refractivity contribution in [2.45, 2.75) is 6.42 Å². The molecule has 20 heavy (non-hydrogen) atoms. The number of para-hydroxylation sites is 1. The molecule has 2 rings (SSSR count). The molecule has 0 spiro atoms. The van der Waals surface area contributed by atoms with Gasteiger partial charge in [0.25, 0.3) is 0 Å². The number of ether oxygens (including phenoxy) is 1. The van der Waals surface area contributed by atoms with Gasteiger partial charge in [0, 0.05) is 10.0 Å². The topological polar surface area (TPSA) is 38.3 Å². The smallest absolute Gasteiger partial charge is 0.228 e. The van der Waals surface area contributed by atoms with Gasteiger partial charge in [0.2, 0.25) is 5.91 Å². The molecule has 1 amide bonds. The number of methoxy groups -OCH3 is 1. The number of rotatable bonds is 4. The van der Waals surface area contributed by atoms with E-state index in [2.05, 4.69) is 21.2 Å². The molecule has 0 aliphatic carbocycles. The van der Waals surface area contributed by atoms with Crippen LogP contribution in [0.15, 0.2) is 46.9 Å². The highest BCUT2D eigenvalue weighted by atomic mass is 79.9. The molecule has 3 nitrogen and oxygen atoms in total. The number of nitrogens with one attached hydrogen (secondary N) is 1. The van der Waals surface area contributed by atoms with Crippen molar-refractivity contribution in [3.63, 3.8) is 0 Å². The fourth-order valence-corrected chi connectivity index (χ4v) is 2.53. The van der Waals surface area contributed by atoms with Gasteiger partial charge in [-0.15, -0.1) is 0 Å². The van der Waals surface area contributed by atoms with E-state index in [0.717, 1.165) is 10.0 Å². The van der Waals surface area contributed by atoms with E-state index >= 15 is 0 Å². The Kier molecular flexibility index (Phi) is 5.04. The van der Waals surface area contributed by atoms with Crippen LogP contribution in [-0.4, -0.2) is 13.0 Å². The van der Waals surface area contributed by atoms with Crippen LogP contribution in [0.2, 0.25) is 5.02 Å². The van der Waals surface area contributed by atoms with Gasteiger partial charge in [-0.2, -0.15) is 0 Å². The first-order chi connectivity index (χ1) is 9.60. The highest BCUT2D eigenvalue weighted by molar-refractivity contribution is 9.10. The minimum atomic E-state index is -0.140. The molecule has 0 saturated heterocycles. The molecule has 2 aromatic rings. The van der Waals surface area contributed by atoms with Gasteiger partial charge < -0.3 is 10.1 Å². The summed E-state index contributed by atoms with van der Waals surface area (Å²) < 4.78 is 6.09. The number of anilines is 1. The summed E-state index contributed by atoms with van der Waals surface area (Å²) in [5, 5.41) is 3.28. The average Bonchev–Trinajstić information content (AvgIpc) is 2.42. The molecule has 0 aliphatic heterocycles. The van der Waals surface area contributed by atoms with Crippen molar-refractivity contribution in [3.05, 3.63) is 57.5 Å². The Morgan fingerprint density at radius 3 is 2.75 bits per heavy atom. The molecule has 104 valence electrons. The quantitative estimate of drug-likeness (QED) is 0.889. The predicted octanol–water partition coefficient (Wildman–Crippen LogP) is 4.29. The van der Waals surface area contributed by atoms with Gasteiger partial charge in [0.15, 0.2) is 0 Å². The first kappa shape index (κ1) is 14.9. The fraction of sp³-hybridized carbons (Fsp3) is 0.133. The zero-order valence-corrected chi connectivity index (χ0v) is 13.2. The van der Waals surface area contributed by atoms with Gasteiger partial charge in [-0.1, -0.05) is 45.7 Å². The highest BCUT2D eigenvalue weighted by Gasteiger charge is 2.10. The van der Waals surface area contributed by atoms with Crippen LogP contribution in [0.4, 0.5) is 5.69 Å². The maximum Gasteiger partial charge on any atom is 0.228 e. The number of halogens is 2. The average molecular weight is 355 g/mol. The summed E-state index contributed by atoms with van der Waals surface area (Å²) in [5.41, 5.74) is 1.43. The molecule has 0 saturated carbocycles. The number of hydrogen-bond donors (Lipinski definition) is 1. The lowest BCUT2D eigenvalue weighted by molar-refractivity contribution is -0.115. The first-order valence-electron chi connectivity index (χ1n) is 5.97. The highest BCUT2D eigenvalue weighted by Crippen LogP contribution is 2.26. The van der Waals surface area contributed by atoms with Gasteiger partial charge in [0.1, 0.15) is 5.75 Å². The lowest BCUT2D eigenvalue weighted by atomic mass is 10.1. The molecule has 0 heterocycles. The van der Waals surface area contributed by atoms with Crippen LogP contribution in [0.1, 0.15) is 5.56 Å². The van der Waals surface area contributed by atoms with Gasteiger partial charge >= 0.3 is 0 Å². The van der Waals surface area contributed by atoms with Crippen LogP contribution < -0.4 is 10.1 Å². The Labute approximate surface area is 131 Å². The molecule has 0 radical (unpaired) electrons. The zero-order valence-electron chi connectivity index (χ0n) is 10.8. The molecular weight excluding hydrogens is 342 g/mol. The maximum absolute atomic E-state index is 12.1. The minimum absolute atomic E-state index is 0.140. The zero-order chi connectivity index (χ0) is 14.5. The van der Waals surface area contributed by atoms with Gasteiger partial charge in [0.05, 0.1) is 24.2 Å². The summed E-state index contributed by atoms with van der Waals surface area (Å²) in [5.74, 6) is 0.559. The number of amides is 1. The Morgan fingerprint density at radius 2 is 2.05 bits per heavy atom. The fourth-order valence-electron chi connectivity index (χ4n) is 1.81. The van der Waals surface area contributed by atoms with E-state index in [9.17, 15) is 4.79 Å². The van der Waals surface area contributed by atoms with Gasteiger partial charge in [-0.25, -0.2) is 0 Å². The van der Waals surface area contributed by atoms with Crippen LogP contribution in [-0.2, 0) is 11.2 Å². The largest absolute Gasteiger partial charge is 0.496 e. The van der Waals surface area contributed by atoms with Crippen LogP contribution in [0.3, 0.4) is 0 Å². The maximum atomic E-state index is 12.1. The monoisotopic (exact) mass is 353 g/mol. The van der Waals surface area contributed by atoms with Crippen molar-refractivity contribution in [3.8, 4) is 5.75 Å². The van der Waals surface area contributed by atoms with E-state index in [1.165, 1.54) is 0 Å². The van der Waals surface area contributed by atoms with Crippen molar-refractivity contribution in [2.24, 2.45) is 0 Å². The Balaban J connectivity index is 2.09. The second-order valence-electron chi connectivity index (χ2n) is 4.16. The van der Waals surface area contributed by atoms with Gasteiger partial charge in [-0.3, -0.25) is 4.79 Å². The van der Waals surface area contributed by atoms with Crippen molar-refractivity contribution in [1.29, 1.82) is 0 Å².